The van der Waals surface area contributed by atoms with Crippen molar-refractivity contribution in [2.75, 3.05) is 11.0 Å². The Morgan fingerprint density at radius 1 is 1.33 bits per heavy atom. The molecule has 82 valence electrons. The van der Waals surface area contributed by atoms with Crippen molar-refractivity contribution >= 4 is 28.3 Å². The maximum Gasteiger partial charge on any atom is 0.488 e. The summed E-state index contributed by atoms with van der Waals surface area (Å²) in [6, 6.07) is 4.56. The molecule has 0 saturated heterocycles. The zero-order valence-electron chi connectivity index (χ0n) is 8.43. The first-order valence-corrected chi connectivity index (χ1v) is 6.13. The summed E-state index contributed by atoms with van der Waals surface area (Å²) < 4.78 is 24.1. The van der Waals surface area contributed by atoms with Gasteiger partial charge in [-0.05, 0) is 24.5 Å². The standard InChI is InChI=1S/C8H12BNO4S/c1-6-3-4-7(10-15(2,13)14)5-8(6)9(11)12/h3-5,10-12H,1-2H3. The lowest BCUT2D eigenvalue weighted by Crippen LogP contribution is -2.32. The Morgan fingerprint density at radius 3 is 2.40 bits per heavy atom. The van der Waals surface area contributed by atoms with Crippen LogP contribution in [0, 0.1) is 6.92 Å². The first kappa shape index (κ1) is 12.0. The summed E-state index contributed by atoms with van der Waals surface area (Å²) in [6.45, 7) is 1.71. The Morgan fingerprint density at radius 2 is 1.93 bits per heavy atom. The number of benzene rings is 1. The first-order chi connectivity index (χ1) is 6.79. The van der Waals surface area contributed by atoms with Gasteiger partial charge in [-0.3, -0.25) is 4.72 Å². The fourth-order valence-electron chi connectivity index (χ4n) is 1.20. The Bertz CT molecular complexity index is 458. The number of sulfonamides is 1. The van der Waals surface area contributed by atoms with Gasteiger partial charge < -0.3 is 10.0 Å². The number of hydrogen-bond acceptors (Lipinski definition) is 4. The van der Waals surface area contributed by atoms with Gasteiger partial charge in [0, 0.05) is 5.69 Å². The molecule has 7 heteroatoms. The molecule has 5 nitrogen and oxygen atoms in total. The van der Waals surface area contributed by atoms with E-state index in [2.05, 4.69) is 4.72 Å². The zero-order valence-corrected chi connectivity index (χ0v) is 9.25. The summed E-state index contributed by atoms with van der Waals surface area (Å²) in [7, 11) is -4.95. The highest BCUT2D eigenvalue weighted by atomic mass is 32.2. The Hall–Kier alpha value is -1.05. The normalized spacial score (nSPS) is 11.2. The van der Waals surface area contributed by atoms with E-state index in [1.165, 1.54) is 6.07 Å². The molecule has 1 aromatic carbocycles. The van der Waals surface area contributed by atoms with Crippen molar-refractivity contribution in [1.82, 2.24) is 0 Å². The minimum absolute atomic E-state index is 0.281. The second kappa shape index (κ2) is 4.22. The molecule has 0 aliphatic heterocycles. The average molecular weight is 229 g/mol. The first-order valence-electron chi connectivity index (χ1n) is 4.24. The van der Waals surface area contributed by atoms with E-state index in [4.69, 9.17) is 10.0 Å². The van der Waals surface area contributed by atoms with E-state index in [9.17, 15) is 8.42 Å². The van der Waals surface area contributed by atoms with Crippen LogP contribution in [0.15, 0.2) is 18.2 Å². The molecule has 3 N–H and O–H groups in total. The van der Waals surface area contributed by atoms with Gasteiger partial charge in [-0.1, -0.05) is 11.6 Å². The topological polar surface area (TPSA) is 86.6 Å². The summed E-state index contributed by atoms with van der Waals surface area (Å²) in [4.78, 5) is 0. The number of hydrogen-bond donors (Lipinski definition) is 3. The summed E-state index contributed by atoms with van der Waals surface area (Å²) in [5.74, 6) is 0. The molecule has 0 amide bonds. The molecule has 0 heterocycles. The molecule has 1 rings (SSSR count). The second-order valence-corrected chi connectivity index (χ2v) is 5.07. The van der Waals surface area contributed by atoms with Gasteiger partial charge in [0.15, 0.2) is 0 Å². The average Bonchev–Trinajstić information content (AvgIpc) is 2.05. The van der Waals surface area contributed by atoms with Crippen LogP contribution in [0.2, 0.25) is 0 Å². The van der Waals surface area contributed by atoms with Gasteiger partial charge >= 0.3 is 7.12 Å². The molecule has 0 saturated carbocycles. The molecular weight excluding hydrogens is 217 g/mol. The fourth-order valence-corrected chi connectivity index (χ4v) is 1.75. The third kappa shape index (κ3) is 3.54. The van der Waals surface area contributed by atoms with Gasteiger partial charge in [0.05, 0.1) is 6.26 Å². The van der Waals surface area contributed by atoms with Crippen molar-refractivity contribution in [2.24, 2.45) is 0 Å². The molecular formula is C8H12BNO4S. The van der Waals surface area contributed by atoms with E-state index in [-0.39, 0.29) is 5.46 Å². The predicted molar refractivity (Wildman–Crippen MR) is 59.5 cm³/mol. The summed E-state index contributed by atoms with van der Waals surface area (Å²) in [6.07, 6.45) is 1.03. The van der Waals surface area contributed by atoms with Crippen molar-refractivity contribution < 1.29 is 18.5 Å². The molecule has 1 aromatic rings. The molecule has 0 atom stereocenters. The second-order valence-electron chi connectivity index (χ2n) is 3.32. The van der Waals surface area contributed by atoms with Crippen LogP contribution < -0.4 is 10.2 Å². The monoisotopic (exact) mass is 229 g/mol. The van der Waals surface area contributed by atoms with Crippen LogP contribution in [0.1, 0.15) is 5.56 Å². The van der Waals surface area contributed by atoms with E-state index in [1.807, 2.05) is 0 Å². The molecule has 15 heavy (non-hydrogen) atoms. The third-order valence-electron chi connectivity index (χ3n) is 1.86. The van der Waals surface area contributed by atoms with Gasteiger partial charge in [0.1, 0.15) is 0 Å². The predicted octanol–water partition coefficient (Wildman–Crippen LogP) is -0.954. The molecule has 0 unspecified atom stereocenters. The van der Waals surface area contributed by atoms with Gasteiger partial charge in [0.2, 0.25) is 10.0 Å². The Labute approximate surface area is 89.0 Å². The Kier molecular flexibility index (Phi) is 3.38. The highest BCUT2D eigenvalue weighted by Crippen LogP contribution is 2.08. The summed E-state index contributed by atoms with van der Waals surface area (Å²) >= 11 is 0. The zero-order chi connectivity index (χ0) is 11.6. The molecule has 0 aliphatic carbocycles. The minimum Gasteiger partial charge on any atom is -0.423 e. The van der Waals surface area contributed by atoms with Crippen molar-refractivity contribution in [3.8, 4) is 0 Å². The van der Waals surface area contributed by atoms with Gasteiger partial charge in [-0.15, -0.1) is 0 Å². The lowest BCUT2D eigenvalue weighted by Gasteiger charge is -2.08. The fraction of sp³-hybridized carbons (Fsp3) is 0.250. The van der Waals surface area contributed by atoms with E-state index >= 15 is 0 Å². The van der Waals surface area contributed by atoms with E-state index in [0.29, 0.717) is 11.3 Å². The summed E-state index contributed by atoms with van der Waals surface area (Å²) in [5, 5.41) is 18.0. The molecule has 0 spiro atoms. The van der Waals surface area contributed by atoms with Crippen LogP contribution in [0.3, 0.4) is 0 Å². The quantitative estimate of drug-likeness (QED) is 0.583. The number of aryl methyl sites for hydroxylation is 1. The van der Waals surface area contributed by atoms with Crippen LogP contribution in [-0.4, -0.2) is 31.8 Å². The van der Waals surface area contributed by atoms with E-state index in [1.54, 1.807) is 19.1 Å². The van der Waals surface area contributed by atoms with Crippen molar-refractivity contribution in [3.63, 3.8) is 0 Å². The van der Waals surface area contributed by atoms with Crippen LogP contribution in [0.25, 0.3) is 0 Å². The largest absolute Gasteiger partial charge is 0.488 e. The minimum atomic E-state index is -3.35. The van der Waals surface area contributed by atoms with Crippen LogP contribution >= 0.6 is 0 Å². The van der Waals surface area contributed by atoms with Gasteiger partial charge in [-0.2, -0.15) is 0 Å². The van der Waals surface area contributed by atoms with Crippen molar-refractivity contribution in [2.45, 2.75) is 6.92 Å². The molecule has 0 aromatic heterocycles. The SMILES string of the molecule is Cc1ccc(NS(C)(=O)=O)cc1B(O)O. The number of rotatable bonds is 3. The smallest absolute Gasteiger partial charge is 0.423 e. The molecule has 0 bridgehead atoms. The highest BCUT2D eigenvalue weighted by Gasteiger charge is 2.15. The van der Waals surface area contributed by atoms with Crippen LogP contribution in [0.4, 0.5) is 5.69 Å². The molecule has 0 fully saturated rings. The van der Waals surface area contributed by atoms with Gasteiger partial charge in [-0.25, -0.2) is 8.42 Å². The molecule has 0 aliphatic rings. The summed E-state index contributed by atoms with van der Waals surface area (Å²) in [5.41, 5.74) is 1.28. The van der Waals surface area contributed by atoms with E-state index in [0.717, 1.165) is 6.26 Å². The molecule has 0 radical (unpaired) electrons. The van der Waals surface area contributed by atoms with Gasteiger partial charge in [0.25, 0.3) is 0 Å². The lowest BCUT2D eigenvalue weighted by molar-refractivity contribution is 0.425. The van der Waals surface area contributed by atoms with Crippen molar-refractivity contribution in [1.29, 1.82) is 0 Å². The van der Waals surface area contributed by atoms with Crippen LogP contribution in [-0.2, 0) is 10.0 Å². The maximum atomic E-state index is 10.9. The van der Waals surface area contributed by atoms with E-state index < -0.39 is 17.1 Å². The third-order valence-corrected chi connectivity index (χ3v) is 2.47. The number of anilines is 1. The highest BCUT2D eigenvalue weighted by molar-refractivity contribution is 7.92. The Balaban J connectivity index is 3.08. The number of nitrogens with one attached hydrogen (secondary N) is 1. The lowest BCUT2D eigenvalue weighted by atomic mass is 9.77. The maximum absolute atomic E-state index is 10.9. The van der Waals surface area contributed by atoms with Crippen molar-refractivity contribution in [3.05, 3.63) is 23.8 Å². The van der Waals surface area contributed by atoms with Crippen LogP contribution in [0.5, 0.6) is 0 Å².